The molecule has 1 heterocycles. The molecular formula is C12H12BrNO3S. The van der Waals surface area contributed by atoms with E-state index in [-0.39, 0.29) is 5.91 Å². The van der Waals surface area contributed by atoms with E-state index in [4.69, 9.17) is 5.11 Å². The molecule has 18 heavy (non-hydrogen) atoms. The van der Waals surface area contributed by atoms with Crippen LogP contribution in [0.3, 0.4) is 0 Å². The van der Waals surface area contributed by atoms with Crippen LogP contribution in [0.5, 0.6) is 0 Å². The summed E-state index contributed by atoms with van der Waals surface area (Å²) in [6.07, 6.45) is 0. The van der Waals surface area contributed by atoms with Crippen molar-refractivity contribution in [3.63, 3.8) is 0 Å². The topological polar surface area (TPSA) is 57.6 Å². The summed E-state index contributed by atoms with van der Waals surface area (Å²) >= 11 is 4.84. The Morgan fingerprint density at radius 2 is 2.22 bits per heavy atom. The number of carbonyl (C=O) groups is 2. The molecule has 1 unspecified atom stereocenters. The summed E-state index contributed by atoms with van der Waals surface area (Å²) in [5.41, 5.74) is 1.39. The number of amides is 1. The second kappa shape index (κ2) is 5.32. The molecule has 0 aliphatic carbocycles. The van der Waals surface area contributed by atoms with Gasteiger partial charge in [0, 0.05) is 15.8 Å². The van der Waals surface area contributed by atoms with E-state index in [0.717, 1.165) is 10.0 Å². The number of thioether (sulfide) groups is 1. The normalized spacial score (nSPS) is 19.0. The number of rotatable bonds is 2. The second-order valence-electron chi connectivity index (χ2n) is 4.04. The third kappa shape index (κ3) is 2.40. The van der Waals surface area contributed by atoms with Gasteiger partial charge in [0.2, 0.25) is 0 Å². The smallest absolute Gasteiger partial charge is 0.327 e. The van der Waals surface area contributed by atoms with Crippen molar-refractivity contribution in [1.82, 2.24) is 4.90 Å². The van der Waals surface area contributed by atoms with Crippen molar-refractivity contribution in [1.29, 1.82) is 0 Å². The lowest BCUT2D eigenvalue weighted by Gasteiger charge is -2.21. The molecule has 1 amide bonds. The van der Waals surface area contributed by atoms with Gasteiger partial charge in [0.25, 0.3) is 5.91 Å². The first-order chi connectivity index (χ1) is 8.52. The van der Waals surface area contributed by atoms with Crippen molar-refractivity contribution in [2.75, 3.05) is 11.6 Å². The van der Waals surface area contributed by atoms with E-state index in [1.165, 1.54) is 16.7 Å². The Bertz CT molecular complexity index is 506. The van der Waals surface area contributed by atoms with Gasteiger partial charge in [-0.2, -0.15) is 0 Å². The van der Waals surface area contributed by atoms with E-state index in [1.807, 2.05) is 13.0 Å². The molecule has 1 atom stereocenters. The van der Waals surface area contributed by atoms with Crippen LogP contribution in [0.2, 0.25) is 0 Å². The number of halogens is 1. The van der Waals surface area contributed by atoms with Crippen molar-refractivity contribution in [2.24, 2.45) is 0 Å². The molecule has 0 aromatic heterocycles. The number of carboxylic acids is 1. The highest BCUT2D eigenvalue weighted by Crippen LogP contribution is 2.26. The first kappa shape index (κ1) is 13.4. The second-order valence-corrected chi connectivity index (χ2v) is 5.90. The molecular weight excluding hydrogens is 318 g/mol. The molecule has 1 fully saturated rings. The molecule has 4 nitrogen and oxygen atoms in total. The predicted molar refractivity (Wildman–Crippen MR) is 73.8 cm³/mol. The van der Waals surface area contributed by atoms with E-state index < -0.39 is 12.0 Å². The quantitative estimate of drug-likeness (QED) is 0.904. The van der Waals surface area contributed by atoms with Crippen LogP contribution in [0.1, 0.15) is 15.9 Å². The van der Waals surface area contributed by atoms with Crippen molar-refractivity contribution in [3.8, 4) is 0 Å². The number of benzene rings is 1. The SMILES string of the molecule is Cc1c(Br)cccc1C(=O)N1CSCC1C(=O)O. The molecule has 0 saturated carbocycles. The van der Waals surface area contributed by atoms with Crippen LogP contribution in [0.15, 0.2) is 22.7 Å². The van der Waals surface area contributed by atoms with Crippen LogP contribution in [0, 0.1) is 6.92 Å². The number of carboxylic acid groups (broad SMARTS) is 1. The van der Waals surface area contributed by atoms with Gasteiger partial charge >= 0.3 is 5.97 Å². The van der Waals surface area contributed by atoms with Gasteiger partial charge in [0.15, 0.2) is 0 Å². The fourth-order valence-electron chi connectivity index (χ4n) is 1.84. The Kier molecular flexibility index (Phi) is 3.97. The van der Waals surface area contributed by atoms with Crippen LogP contribution < -0.4 is 0 Å². The predicted octanol–water partition coefficient (Wildman–Crippen LogP) is 2.36. The van der Waals surface area contributed by atoms with Gasteiger partial charge in [0.1, 0.15) is 6.04 Å². The molecule has 1 N–H and O–H groups in total. The number of carbonyl (C=O) groups excluding carboxylic acids is 1. The van der Waals surface area contributed by atoms with E-state index in [9.17, 15) is 9.59 Å². The molecule has 0 bridgehead atoms. The Balaban J connectivity index is 2.31. The van der Waals surface area contributed by atoms with Crippen LogP contribution in [-0.2, 0) is 4.79 Å². The minimum absolute atomic E-state index is 0.216. The highest BCUT2D eigenvalue weighted by Gasteiger charge is 2.35. The van der Waals surface area contributed by atoms with E-state index in [2.05, 4.69) is 15.9 Å². The Morgan fingerprint density at radius 1 is 1.50 bits per heavy atom. The van der Waals surface area contributed by atoms with Gasteiger partial charge in [-0.25, -0.2) is 4.79 Å². The molecule has 96 valence electrons. The molecule has 1 aromatic rings. The summed E-state index contributed by atoms with van der Waals surface area (Å²) < 4.78 is 0.854. The highest BCUT2D eigenvalue weighted by molar-refractivity contribution is 9.10. The van der Waals surface area contributed by atoms with Gasteiger partial charge in [-0.05, 0) is 24.6 Å². The Morgan fingerprint density at radius 3 is 2.89 bits per heavy atom. The molecule has 0 spiro atoms. The average Bonchev–Trinajstić information content (AvgIpc) is 2.81. The van der Waals surface area contributed by atoms with Crippen LogP contribution in [0.25, 0.3) is 0 Å². The first-order valence-electron chi connectivity index (χ1n) is 5.39. The zero-order valence-corrected chi connectivity index (χ0v) is 12.1. The Labute approximate surface area is 117 Å². The zero-order valence-electron chi connectivity index (χ0n) is 9.72. The monoisotopic (exact) mass is 329 g/mol. The van der Waals surface area contributed by atoms with E-state index in [0.29, 0.717) is 17.2 Å². The van der Waals surface area contributed by atoms with Crippen LogP contribution >= 0.6 is 27.7 Å². The molecule has 1 aliphatic rings. The lowest BCUT2D eigenvalue weighted by atomic mass is 10.1. The fraction of sp³-hybridized carbons (Fsp3) is 0.333. The Hall–Kier alpha value is -1.01. The summed E-state index contributed by atoms with van der Waals surface area (Å²) in [7, 11) is 0. The van der Waals surface area contributed by atoms with E-state index in [1.54, 1.807) is 12.1 Å². The third-order valence-corrected chi connectivity index (χ3v) is 4.80. The lowest BCUT2D eigenvalue weighted by Crippen LogP contribution is -2.42. The van der Waals surface area contributed by atoms with Crippen LogP contribution in [-0.4, -0.2) is 39.6 Å². The average molecular weight is 330 g/mol. The maximum atomic E-state index is 12.4. The van der Waals surface area contributed by atoms with Gasteiger partial charge in [-0.3, -0.25) is 4.79 Å². The maximum absolute atomic E-state index is 12.4. The minimum Gasteiger partial charge on any atom is -0.480 e. The molecule has 2 rings (SSSR count). The number of hydrogen-bond donors (Lipinski definition) is 1. The minimum atomic E-state index is -0.944. The van der Waals surface area contributed by atoms with Gasteiger partial charge in [-0.1, -0.05) is 22.0 Å². The van der Waals surface area contributed by atoms with Crippen molar-refractivity contribution in [3.05, 3.63) is 33.8 Å². The third-order valence-electron chi connectivity index (χ3n) is 2.93. The molecule has 1 aromatic carbocycles. The van der Waals surface area contributed by atoms with Gasteiger partial charge in [0.05, 0.1) is 5.88 Å². The summed E-state index contributed by atoms with van der Waals surface area (Å²) in [5, 5.41) is 9.09. The summed E-state index contributed by atoms with van der Waals surface area (Å²) in [6.45, 7) is 1.84. The zero-order chi connectivity index (χ0) is 13.3. The molecule has 1 saturated heterocycles. The van der Waals surface area contributed by atoms with Crippen molar-refractivity contribution < 1.29 is 14.7 Å². The summed E-state index contributed by atoms with van der Waals surface area (Å²) in [5.74, 6) is -0.275. The highest BCUT2D eigenvalue weighted by atomic mass is 79.9. The first-order valence-corrected chi connectivity index (χ1v) is 7.33. The molecule has 1 aliphatic heterocycles. The van der Waals surface area contributed by atoms with E-state index >= 15 is 0 Å². The van der Waals surface area contributed by atoms with Crippen molar-refractivity contribution >= 4 is 39.6 Å². The number of hydrogen-bond acceptors (Lipinski definition) is 3. The van der Waals surface area contributed by atoms with Gasteiger partial charge in [-0.15, -0.1) is 11.8 Å². The summed E-state index contributed by atoms with van der Waals surface area (Å²) in [4.78, 5) is 24.9. The molecule has 0 radical (unpaired) electrons. The number of aliphatic carboxylic acids is 1. The largest absolute Gasteiger partial charge is 0.480 e. The van der Waals surface area contributed by atoms with Crippen LogP contribution in [0.4, 0.5) is 0 Å². The lowest BCUT2D eigenvalue weighted by molar-refractivity contribution is -0.140. The standard InChI is InChI=1S/C12H12BrNO3S/c1-7-8(3-2-4-9(7)13)11(15)14-6-18-5-10(14)12(16)17/h2-4,10H,5-6H2,1H3,(H,16,17). The molecule has 6 heteroatoms. The van der Waals surface area contributed by atoms with Gasteiger partial charge < -0.3 is 10.0 Å². The maximum Gasteiger partial charge on any atom is 0.327 e. The summed E-state index contributed by atoms with van der Waals surface area (Å²) in [6, 6.07) is 4.65. The fourth-order valence-corrected chi connectivity index (χ4v) is 3.35. The number of nitrogens with zero attached hydrogens (tertiary/aromatic N) is 1. The van der Waals surface area contributed by atoms with Crippen molar-refractivity contribution in [2.45, 2.75) is 13.0 Å².